The van der Waals surface area contributed by atoms with Gasteiger partial charge >= 0.3 is 6.09 Å². The zero-order chi connectivity index (χ0) is 19.9. The fraction of sp³-hybridized carbons (Fsp3) is 0.400. The molecule has 1 saturated heterocycles. The van der Waals surface area contributed by atoms with Crippen molar-refractivity contribution in [2.75, 3.05) is 18.8 Å². The van der Waals surface area contributed by atoms with Crippen molar-refractivity contribution in [1.29, 1.82) is 0 Å². The van der Waals surface area contributed by atoms with Gasteiger partial charge in [-0.1, -0.05) is 30.3 Å². The van der Waals surface area contributed by atoms with Crippen molar-refractivity contribution in [2.24, 2.45) is 0 Å². The van der Waals surface area contributed by atoms with Gasteiger partial charge in [0.1, 0.15) is 23.4 Å². The predicted octanol–water partition coefficient (Wildman–Crippen LogP) is 3.26. The summed E-state index contributed by atoms with van der Waals surface area (Å²) in [5, 5.41) is 5.57. The lowest BCUT2D eigenvalue weighted by atomic mass is 10.1. The summed E-state index contributed by atoms with van der Waals surface area (Å²) in [4.78, 5) is 22.7. The van der Waals surface area contributed by atoms with Crippen LogP contribution in [-0.4, -0.2) is 49.4 Å². The van der Waals surface area contributed by atoms with E-state index in [-0.39, 0.29) is 12.1 Å². The molecule has 0 aliphatic carbocycles. The maximum atomic E-state index is 12.4. The first-order valence-corrected chi connectivity index (χ1v) is 9.35. The number of aromatic nitrogens is 4. The number of nitrogen functional groups attached to an aromatic ring is 1. The summed E-state index contributed by atoms with van der Waals surface area (Å²) in [7, 11) is 0. The average molecular weight is 380 g/mol. The summed E-state index contributed by atoms with van der Waals surface area (Å²) >= 11 is 0. The van der Waals surface area contributed by atoms with Crippen LogP contribution in [-0.2, 0) is 4.74 Å². The summed E-state index contributed by atoms with van der Waals surface area (Å²) in [6.07, 6.45) is 1.92. The Morgan fingerprint density at radius 3 is 2.68 bits per heavy atom. The molecule has 146 valence electrons. The number of benzene rings is 1. The maximum Gasteiger partial charge on any atom is 0.410 e. The Morgan fingerprint density at radius 1 is 1.21 bits per heavy atom. The molecular formula is C20H24N6O2. The van der Waals surface area contributed by atoms with Gasteiger partial charge < -0.3 is 15.4 Å². The predicted molar refractivity (Wildman–Crippen MR) is 107 cm³/mol. The van der Waals surface area contributed by atoms with Crippen molar-refractivity contribution in [1.82, 2.24) is 24.6 Å². The molecule has 1 amide bonds. The molecule has 1 aliphatic rings. The number of likely N-dealkylation sites (tertiary alicyclic amines) is 1. The second-order valence-corrected chi connectivity index (χ2v) is 7.99. The van der Waals surface area contributed by atoms with E-state index in [9.17, 15) is 4.79 Å². The second kappa shape index (κ2) is 6.78. The largest absolute Gasteiger partial charge is 0.444 e. The fourth-order valence-corrected chi connectivity index (χ4v) is 3.48. The number of hydrogen-bond acceptors (Lipinski definition) is 6. The number of hydrogen-bond donors (Lipinski definition) is 1. The van der Waals surface area contributed by atoms with Crippen molar-refractivity contribution in [3.05, 3.63) is 36.7 Å². The SMILES string of the molecule is CC(C)(C)OC(=O)N1CCC(n2nc(-c3ccccc3)c3c(N)ncnc32)C1. The lowest BCUT2D eigenvalue weighted by molar-refractivity contribution is 0.0288. The van der Waals surface area contributed by atoms with Crippen molar-refractivity contribution in [2.45, 2.75) is 38.8 Å². The van der Waals surface area contributed by atoms with E-state index in [0.29, 0.717) is 24.6 Å². The molecule has 8 nitrogen and oxygen atoms in total. The minimum Gasteiger partial charge on any atom is -0.444 e. The molecule has 1 aliphatic heterocycles. The first kappa shape index (κ1) is 18.2. The molecule has 2 aromatic heterocycles. The van der Waals surface area contributed by atoms with Gasteiger partial charge in [0.05, 0.1) is 11.4 Å². The van der Waals surface area contributed by atoms with Gasteiger partial charge in [-0.25, -0.2) is 19.4 Å². The third kappa shape index (κ3) is 3.37. The van der Waals surface area contributed by atoms with Crippen LogP contribution in [0, 0.1) is 0 Å². The highest BCUT2D eigenvalue weighted by Gasteiger charge is 2.33. The summed E-state index contributed by atoms with van der Waals surface area (Å²) in [5.41, 5.74) is 8.03. The molecule has 3 aromatic rings. The van der Waals surface area contributed by atoms with Gasteiger partial charge in [-0.15, -0.1) is 0 Å². The lowest BCUT2D eigenvalue weighted by Crippen LogP contribution is -2.35. The molecule has 1 atom stereocenters. The molecule has 0 radical (unpaired) electrons. The topological polar surface area (TPSA) is 99.2 Å². The van der Waals surface area contributed by atoms with E-state index in [4.69, 9.17) is 15.6 Å². The molecule has 0 saturated carbocycles. The summed E-state index contributed by atoms with van der Waals surface area (Å²) in [5.74, 6) is 0.400. The number of nitrogens with zero attached hydrogens (tertiary/aromatic N) is 5. The van der Waals surface area contributed by atoms with Gasteiger partial charge in [-0.3, -0.25) is 0 Å². The van der Waals surface area contributed by atoms with E-state index >= 15 is 0 Å². The monoisotopic (exact) mass is 380 g/mol. The van der Waals surface area contributed by atoms with Crippen LogP contribution in [0.25, 0.3) is 22.3 Å². The molecular weight excluding hydrogens is 356 g/mol. The van der Waals surface area contributed by atoms with E-state index in [1.165, 1.54) is 6.33 Å². The Kier molecular flexibility index (Phi) is 4.41. The maximum absolute atomic E-state index is 12.4. The number of anilines is 1. The van der Waals surface area contributed by atoms with Gasteiger partial charge in [-0.2, -0.15) is 5.10 Å². The highest BCUT2D eigenvalue weighted by Crippen LogP contribution is 2.33. The van der Waals surface area contributed by atoms with Crippen molar-refractivity contribution < 1.29 is 9.53 Å². The number of fused-ring (bicyclic) bond motifs is 1. The van der Waals surface area contributed by atoms with E-state index in [1.54, 1.807) is 4.90 Å². The first-order valence-electron chi connectivity index (χ1n) is 9.35. The number of carbonyl (C=O) groups excluding carboxylic acids is 1. The van der Waals surface area contributed by atoms with Crippen molar-refractivity contribution in [3.8, 4) is 11.3 Å². The van der Waals surface area contributed by atoms with Gasteiger partial charge in [0.15, 0.2) is 5.65 Å². The van der Waals surface area contributed by atoms with Gasteiger partial charge in [0, 0.05) is 18.7 Å². The van der Waals surface area contributed by atoms with E-state index in [0.717, 1.165) is 23.1 Å². The number of amides is 1. The van der Waals surface area contributed by atoms with Gasteiger partial charge in [0.25, 0.3) is 0 Å². The summed E-state index contributed by atoms with van der Waals surface area (Å²) < 4.78 is 7.37. The standard InChI is InChI=1S/C20H24N6O2/c1-20(2,3)28-19(27)25-10-9-14(11-25)26-18-15(17(21)22-12-23-18)16(24-26)13-7-5-4-6-8-13/h4-8,12,14H,9-11H2,1-3H3,(H2,21,22,23). The molecule has 0 bridgehead atoms. The van der Waals surface area contributed by atoms with Crippen LogP contribution in [0.15, 0.2) is 36.7 Å². The second-order valence-electron chi connectivity index (χ2n) is 7.99. The smallest absolute Gasteiger partial charge is 0.410 e. The van der Waals surface area contributed by atoms with Crippen LogP contribution in [0.4, 0.5) is 10.6 Å². The fourth-order valence-electron chi connectivity index (χ4n) is 3.48. The van der Waals surface area contributed by atoms with Gasteiger partial charge in [-0.05, 0) is 27.2 Å². The molecule has 1 fully saturated rings. The third-order valence-corrected chi connectivity index (χ3v) is 4.73. The molecule has 28 heavy (non-hydrogen) atoms. The Balaban J connectivity index is 1.69. The quantitative estimate of drug-likeness (QED) is 0.733. The Hall–Kier alpha value is -3.16. The third-order valence-electron chi connectivity index (χ3n) is 4.73. The average Bonchev–Trinajstić information content (AvgIpc) is 3.26. The van der Waals surface area contributed by atoms with Crippen LogP contribution < -0.4 is 5.73 Å². The number of rotatable bonds is 2. The molecule has 1 aromatic carbocycles. The van der Waals surface area contributed by atoms with Gasteiger partial charge in [0.2, 0.25) is 0 Å². The minimum absolute atomic E-state index is 0.00165. The molecule has 3 heterocycles. The van der Waals surface area contributed by atoms with Crippen LogP contribution in [0.2, 0.25) is 0 Å². The highest BCUT2D eigenvalue weighted by molar-refractivity contribution is 5.98. The Labute approximate surface area is 163 Å². The van der Waals surface area contributed by atoms with E-state index in [1.807, 2.05) is 55.8 Å². The zero-order valence-corrected chi connectivity index (χ0v) is 16.3. The molecule has 2 N–H and O–H groups in total. The van der Waals surface area contributed by atoms with Crippen molar-refractivity contribution in [3.63, 3.8) is 0 Å². The Morgan fingerprint density at radius 2 is 1.96 bits per heavy atom. The molecule has 1 unspecified atom stereocenters. The lowest BCUT2D eigenvalue weighted by Gasteiger charge is -2.24. The Bertz CT molecular complexity index is 1010. The molecule has 4 rings (SSSR count). The van der Waals surface area contributed by atoms with E-state index in [2.05, 4.69) is 9.97 Å². The zero-order valence-electron chi connectivity index (χ0n) is 16.3. The molecule has 8 heteroatoms. The number of ether oxygens (including phenoxy) is 1. The summed E-state index contributed by atoms with van der Waals surface area (Å²) in [6.45, 7) is 6.73. The molecule has 0 spiro atoms. The van der Waals surface area contributed by atoms with Crippen LogP contribution >= 0.6 is 0 Å². The van der Waals surface area contributed by atoms with Crippen LogP contribution in [0.1, 0.15) is 33.2 Å². The number of carbonyl (C=O) groups is 1. The summed E-state index contributed by atoms with van der Waals surface area (Å²) in [6, 6.07) is 9.85. The normalized spacial score (nSPS) is 17.2. The minimum atomic E-state index is -0.518. The highest BCUT2D eigenvalue weighted by atomic mass is 16.6. The number of nitrogens with two attached hydrogens (primary N) is 1. The van der Waals surface area contributed by atoms with Crippen molar-refractivity contribution >= 4 is 22.9 Å². The van der Waals surface area contributed by atoms with E-state index < -0.39 is 5.60 Å². The first-order chi connectivity index (χ1) is 13.3. The van der Waals surface area contributed by atoms with Crippen LogP contribution in [0.3, 0.4) is 0 Å². The van der Waals surface area contributed by atoms with Crippen LogP contribution in [0.5, 0.6) is 0 Å².